The molecule has 1 aliphatic rings. The molecule has 1 aliphatic carbocycles. The van der Waals surface area contributed by atoms with Crippen molar-refractivity contribution in [3.05, 3.63) is 82.9 Å². The van der Waals surface area contributed by atoms with Crippen molar-refractivity contribution in [3.63, 3.8) is 0 Å². The number of halogens is 1. The van der Waals surface area contributed by atoms with Gasteiger partial charge in [-0.25, -0.2) is 14.4 Å². The van der Waals surface area contributed by atoms with Gasteiger partial charge >= 0.3 is 0 Å². The maximum atomic E-state index is 13.2. The Balaban J connectivity index is 1.57. The number of ketones is 1. The predicted octanol–water partition coefficient (Wildman–Crippen LogP) is 4.83. The van der Waals surface area contributed by atoms with E-state index in [0.717, 1.165) is 23.4 Å². The summed E-state index contributed by atoms with van der Waals surface area (Å²) in [4.78, 5) is 21.4. The van der Waals surface area contributed by atoms with Crippen molar-refractivity contribution in [1.82, 2.24) is 9.97 Å². The number of rotatable bonds is 4. The second kappa shape index (κ2) is 7.27. The lowest BCUT2D eigenvalue weighted by molar-refractivity contribution is 0.0962. The Kier molecular flexibility index (Phi) is 4.67. The minimum Gasteiger partial charge on any atom is -0.324 e. The average Bonchev–Trinajstić information content (AvgIpc) is 2.69. The number of anilines is 2. The van der Waals surface area contributed by atoms with Crippen LogP contribution in [0.5, 0.6) is 0 Å². The molecule has 0 fully saturated rings. The van der Waals surface area contributed by atoms with Crippen molar-refractivity contribution < 1.29 is 9.18 Å². The van der Waals surface area contributed by atoms with Crippen LogP contribution in [-0.2, 0) is 12.8 Å². The molecule has 0 saturated carbocycles. The number of carbonyl (C=O) groups excluding carboxylic acids is 1. The Bertz CT molecular complexity index is 968. The molecule has 0 amide bonds. The molecule has 27 heavy (non-hydrogen) atoms. The van der Waals surface area contributed by atoms with Gasteiger partial charge in [0.15, 0.2) is 5.78 Å². The van der Waals surface area contributed by atoms with Crippen LogP contribution in [0, 0.1) is 5.82 Å². The smallest absolute Gasteiger partial charge is 0.227 e. The summed E-state index contributed by atoms with van der Waals surface area (Å²) in [7, 11) is 0. The summed E-state index contributed by atoms with van der Waals surface area (Å²) < 4.78 is 13.2. The number of Topliss-reactive ketones (excluding diaryl/α,β-unsaturated/α-hetero) is 1. The van der Waals surface area contributed by atoms with Crippen molar-refractivity contribution in [3.8, 4) is 0 Å². The van der Waals surface area contributed by atoms with Gasteiger partial charge in [0, 0.05) is 18.3 Å². The van der Waals surface area contributed by atoms with Gasteiger partial charge in [-0.15, -0.1) is 0 Å². The predicted molar refractivity (Wildman–Crippen MR) is 103 cm³/mol. The average molecular weight is 361 g/mol. The van der Waals surface area contributed by atoms with Gasteiger partial charge in [-0.1, -0.05) is 31.2 Å². The van der Waals surface area contributed by atoms with E-state index in [1.165, 1.54) is 17.7 Å². The lowest BCUT2D eigenvalue weighted by Gasteiger charge is -2.23. The number of nitrogens with one attached hydrogen (secondary N) is 1. The van der Waals surface area contributed by atoms with E-state index in [9.17, 15) is 9.18 Å². The van der Waals surface area contributed by atoms with Crippen LogP contribution in [0.4, 0.5) is 16.0 Å². The van der Waals surface area contributed by atoms with Gasteiger partial charge < -0.3 is 5.32 Å². The molecule has 0 aliphatic heterocycles. The van der Waals surface area contributed by atoms with Gasteiger partial charge in [0.05, 0.1) is 11.3 Å². The molecule has 4 nitrogen and oxygen atoms in total. The molecular formula is C22H20FN3O. The van der Waals surface area contributed by atoms with Gasteiger partial charge in [0.25, 0.3) is 0 Å². The first-order valence-corrected chi connectivity index (χ1v) is 9.13. The molecule has 3 aromatic rings. The van der Waals surface area contributed by atoms with Crippen molar-refractivity contribution in [2.75, 3.05) is 5.32 Å². The third-order valence-electron chi connectivity index (χ3n) is 5.00. The number of carbonyl (C=O) groups is 1. The minimum absolute atomic E-state index is 0.0113. The summed E-state index contributed by atoms with van der Waals surface area (Å²) in [6.07, 6.45) is 3.63. The molecule has 0 saturated heterocycles. The second-order valence-electron chi connectivity index (χ2n) is 6.81. The molecule has 0 spiro atoms. The van der Waals surface area contributed by atoms with Crippen LogP contribution in [0.25, 0.3) is 0 Å². The number of benzene rings is 2. The zero-order chi connectivity index (χ0) is 18.8. The highest BCUT2D eigenvalue weighted by atomic mass is 19.1. The van der Waals surface area contributed by atoms with Gasteiger partial charge in [0.2, 0.25) is 5.95 Å². The Labute approximate surface area is 157 Å². The zero-order valence-electron chi connectivity index (χ0n) is 15.1. The van der Waals surface area contributed by atoms with E-state index >= 15 is 0 Å². The molecule has 4 rings (SSSR count). The number of aromatic nitrogens is 2. The molecule has 5 heteroatoms. The molecule has 0 radical (unpaired) electrons. The quantitative estimate of drug-likeness (QED) is 0.723. The molecule has 1 N–H and O–H groups in total. The Morgan fingerprint density at radius 3 is 2.52 bits per heavy atom. The maximum absolute atomic E-state index is 13.2. The topological polar surface area (TPSA) is 54.9 Å². The molecule has 0 unspecified atom stereocenters. The van der Waals surface area contributed by atoms with Gasteiger partial charge in [0.1, 0.15) is 5.82 Å². The Morgan fingerprint density at radius 2 is 1.81 bits per heavy atom. The van der Waals surface area contributed by atoms with Gasteiger partial charge in [-0.2, -0.15) is 0 Å². The molecule has 2 aromatic carbocycles. The number of fused-ring (bicyclic) bond motifs is 1. The number of hydrogen-bond donors (Lipinski definition) is 1. The first-order chi connectivity index (χ1) is 13.1. The van der Waals surface area contributed by atoms with Crippen molar-refractivity contribution in [1.29, 1.82) is 0 Å². The first kappa shape index (κ1) is 17.3. The van der Waals surface area contributed by atoms with Crippen LogP contribution < -0.4 is 5.32 Å². The molecular weight excluding hydrogens is 341 g/mol. The SMILES string of the molecule is CCc1ccc(Nc2ncc3c(n2)C[C@@H](c2ccc(F)cc2)CC3=O)cc1. The Hall–Kier alpha value is -3.08. The van der Waals surface area contributed by atoms with Crippen molar-refractivity contribution >= 4 is 17.4 Å². The fraction of sp³-hybridized carbons (Fsp3) is 0.227. The summed E-state index contributed by atoms with van der Waals surface area (Å²) in [5, 5.41) is 3.20. The van der Waals surface area contributed by atoms with Crippen LogP contribution >= 0.6 is 0 Å². The van der Waals surface area contributed by atoms with Gasteiger partial charge in [-0.3, -0.25) is 4.79 Å². The van der Waals surface area contributed by atoms with E-state index in [1.54, 1.807) is 18.3 Å². The van der Waals surface area contributed by atoms with E-state index in [-0.39, 0.29) is 17.5 Å². The van der Waals surface area contributed by atoms with E-state index in [1.807, 2.05) is 12.1 Å². The lowest BCUT2D eigenvalue weighted by atomic mass is 9.82. The van der Waals surface area contributed by atoms with Crippen molar-refractivity contribution in [2.45, 2.75) is 32.1 Å². The molecule has 136 valence electrons. The first-order valence-electron chi connectivity index (χ1n) is 9.13. The highest BCUT2D eigenvalue weighted by Gasteiger charge is 2.28. The van der Waals surface area contributed by atoms with Crippen LogP contribution in [-0.4, -0.2) is 15.8 Å². The molecule has 1 atom stereocenters. The highest BCUT2D eigenvalue weighted by Crippen LogP contribution is 2.32. The fourth-order valence-electron chi connectivity index (χ4n) is 3.43. The van der Waals surface area contributed by atoms with Crippen LogP contribution in [0.3, 0.4) is 0 Å². The Morgan fingerprint density at radius 1 is 1.07 bits per heavy atom. The monoisotopic (exact) mass is 361 g/mol. The van der Waals surface area contributed by atoms with Crippen LogP contribution in [0.1, 0.15) is 46.4 Å². The standard InChI is InChI=1S/C22H20FN3O/c1-2-14-3-9-18(10-4-14)25-22-24-13-19-20(26-22)11-16(12-21(19)27)15-5-7-17(23)8-6-15/h3-10,13,16H,2,11-12H2,1H3,(H,24,25,26)/t16-/m1/s1. The van der Waals surface area contributed by atoms with Crippen LogP contribution in [0.15, 0.2) is 54.7 Å². The van der Waals surface area contributed by atoms with E-state index in [2.05, 4.69) is 34.3 Å². The fourth-order valence-corrected chi connectivity index (χ4v) is 3.43. The van der Waals surface area contributed by atoms with E-state index in [0.29, 0.717) is 24.4 Å². The summed E-state index contributed by atoms with van der Waals surface area (Å²) in [6, 6.07) is 14.5. The lowest BCUT2D eigenvalue weighted by Crippen LogP contribution is -2.21. The minimum atomic E-state index is -0.274. The second-order valence-corrected chi connectivity index (χ2v) is 6.81. The van der Waals surface area contributed by atoms with E-state index < -0.39 is 0 Å². The normalized spacial score (nSPS) is 16.1. The zero-order valence-corrected chi connectivity index (χ0v) is 15.1. The largest absolute Gasteiger partial charge is 0.324 e. The number of hydrogen-bond acceptors (Lipinski definition) is 4. The highest BCUT2D eigenvalue weighted by molar-refractivity contribution is 5.98. The third kappa shape index (κ3) is 3.72. The van der Waals surface area contributed by atoms with Gasteiger partial charge in [-0.05, 0) is 54.2 Å². The molecule has 0 bridgehead atoms. The summed E-state index contributed by atoms with van der Waals surface area (Å²) in [5.74, 6) is 0.247. The van der Waals surface area contributed by atoms with E-state index in [4.69, 9.17) is 0 Å². The van der Waals surface area contributed by atoms with Crippen molar-refractivity contribution in [2.24, 2.45) is 0 Å². The summed E-state index contributed by atoms with van der Waals surface area (Å²) >= 11 is 0. The maximum Gasteiger partial charge on any atom is 0.227 e. The van der Waals surface area contributed by atoms with Crippen LogP contribution in [0.2, 0.25) is 0 Å². The summed E-state index contributed by atoms with van der Waals surface area (Å²) in [6.45, 7) is 2.11. The summed E-state index contributed by atoms with van der Waals surface area (Å²) in [5.41, 5.74) is 4.45. The molecule has 1 aromatic heterocycles. The molecule has 1 heterocycles. The number of nitrogens with zero attached hydrogens (tertiary/aromatic N) is 2. The number of aryl methyl sites for hydroxylation is 1. The third-order valence-corrected chi connectivity index (χ3v) is 5.00.